The zero-order valence-electron chi connectivity index (χ0n) is 14.5. The van der Waals surface area contributed by atoms with E-state index in [4.69, 9.17) is 4.98 Å². The van der Waals surface area contributed by atoms with Gasteiger partial charge in [-0.15, -0.1) is 36.2 Å². The molecule has 2 fully saturated rings. The van der Waals surface area contributed by atoms with E-state index >= 15 is 0 Å². The molecule has 2 aliphatic heterocycles. The van der Waals surface area contributed by atoms with Gasteiger partial charge in [-0.05, 0) is 89.4 Å². The van der Waals surface area contributed by atoms with Gasteiger partial charge in [0.15, 0.2) is 0 Å². The van der Waals surface area contributed by atoms with E-state index in [2.05, 4.69) is 10.2 Å². The molecule has 24 heavy (non-hydrogen) atoms. The lowest BCUT2D eigenvalue weighted by atomic mass is 9.79. The summed E-state index contributed by atoms with van der Waals surface area (Å²) in [7, 11) is 0. The van der Waals surface area contributed by atoms with E-state index in [1.807, 2.05) is 11.3 Å². The second-order valence-electron chi connectivity index (χ2n) is 7.39. The van der Waals surface area contributed by atoms with Crippen LogP contribution in [0.5, 0.6) is 0 Å². The monoisotopic (exact) mass is 391 g/mol. The van der Waals surface area contributed by atoms with E-state index in [1.54, 1.807) is 4.88 Å². The molecular formula is C18H31Cl2N3S. The summed E-state index contributed by atoms with van der Waals surface area (Å²) in [5, 5.41) is 4.88. The highest BCUT2D eigenvalue weighted by atomic mass is 35.5. The van der Waals surface area contributed by atoms with Crippen LogP contribution in [0.3, 0.4) is 0 Å². The number of fused-ring (bicyclic) bond motifs is 1. The van der Waals surface area contributed by atoms with Gasteiger partial charge in [0.2, 0.25) is 0 Å². The number of likely N-dealkylation sites (tertiary alicyclic amines) is 1. The van der Waals surface area contributed by atoms with Crippen LogP contribution in [0, 0.1) is 11.8 Å². The van der Waals surface area contributed by atoms with E-state index in [0.29, 0.717) is 0 Å². The Balaban J connectivity index is 0.00000104. The molecule has 2 saturated heterocycles. The topological polar surface area (TPSA) is 28.2 Å². The molecule has 1 N–H and O–H groups in total. The third-order valence-electron chi connectivity index (χ3n) is 5.93. The number of hydrogen-bond acceptors (Lipinski definition) is 4. The minimum atomic E-state index is 0. The first-order valence-corrected chi connectivity index (χ1v) is 10.1. The van der Waals surface area contributed by atoms with Crippen LogP contribution in [0.4, 0.5) is 0 Å². The highest BCUT2D eigenvalue weighted by Crippen LogP contribution is 2.32. The standard InChI is InChI=1S/C18H29N3S.2ClH/c1-2-4-17-16(3-1)20-18(22-17)13-21-11-7-15(8-12-21)14-5-9-19-10-6-14;;/h14-15,19H,1-13H2;2*1H. The minimum absolute atomic E-state index is 0. The molecule has 3 heterocycles. The van der Waals surface area contributed by atoms with Crippen molar-refractivity contribution in [3.05, 3.63) is 15.6 Å². The SMILES string of the molecule is C1CCc2sc(CN3CCC(C4CCNCC4)CC3)nc2C1.Cl.Cl. The van der Waals surface area contributed by atoms with Crippen LogP contribution >= 0.6 is 36.2 Å². The van der Waals surface area contributed by atoms with Crippen LogP contribution in [0.25, 0.3) is 0 Å². The molecule has 0 radical (unpaired) electrons. The van der Waals surface area contributed by atoms with E-state index in [0.717, 1.165) is 18.4 Å². The fourth-order valence-electron chi connectivity index (χ4n) is 4.56. The van der Waals surface area contributed by atoms with Gasteiger partial charge in [0.05, 0.1) is 12.2 Å². The van der Waals surface area contributed by atoms with Crippen molar-refractivity contribution in [2.24, 2.45) is 11.8 Å². The van der Waals surface area contributed by atoms with Crippen molar-refractivity contribution in [2.75, 3.05) is 26.2 Å². The molecule has 0 aromatic carbocycles. The van der Waals surface area contributed by atoms with Gasteiger partial charge in [-0.2, -0.15) is 0 Å². The number of thiazole rings is 1. The summed E-state index contributed by atoms with van der Waals surface area (Å²) in [6.45, 7) is 6.18. The fourth-order valence-corrected chi connectivity index (χ4v) is 5.76. The number of piperidine rings is 2. The summed E-state index contributed by atoms with van der Waals surface area (Å²) in [6, 6.07) is 0. The van der Waals surface area contributed by atoms with E-state index in [-0.39, 0.29) is 24.8 Å². The Morgan fingerprint density at radius 1 is 0.958 bits per heavy atom. The van der Waals surface area contributed by atoms with Gasteiger partial charge in [-0.1, -0.05) is 0 Å². The Kier molecular flexibility index (Phi) is 8.28. The van der Waals surface area contributed by atoms with Crippen molar-refractivity contribution in [1.82, 2.24) is 15.2 Å². The molecule has 1 aromatic rings. The van der Waals surface area contributed by atoms with Crippen molar-refractivity contribution in [3.8, 4) is 0 Å². The molecule has 1 aromatic heterocycles. The van der Waals surface area contributed by atoms with Crippen molar-refractivity contribution < 1.29 is 0 Å². The minimum Gasteiger partial charge on any atom is -0.317 e. The van der Waals surface area contributed by atoms with Gasteiger partial charge in [0, 0.05) is 4.88 Å². The maximum Gasteiger partial charge on any atom is 0.107 e. The van der Waals surface area contributed by atoms with Gasteiger partial charge < -0.3 is 5.32 Å². The van der Waals surface area contributed by atoms with Gasteiger partial charge >= 0.3 is 0 Å². The molecule has 0 saturated carbocycles. The van der Waals surface area contributed by atoms with Crippen LogP contribution in [0.15, 0.2) is 0 Å². The third-order valence-corrected chi connectivity index (χ3v) is 7.07. The average molecular weight is 392 g/mol. The van der Waals surface area contributed by atoms with Crippen molar-refractivity contribution >= 4 is 36.2 Å². The lowest BCUT2D eigenvalue weighted by Crippen LogP contribution is -2.39. The first-order valence-electron chi connectivity index (χ1n) is 9.29. The van der Waals surface area contributed by atoms with E-state index in [9.17, 15) is 0 Å². The highest BCUT2D eigenvalue weighted by Gasteiger charge is 2.28. The maximum absolute atomic E-state index is 4.92. The number of hydrogen-bond donors (Lipinski definition) is 1. The second kappa shape index (κ2) is 9.72. The summed E-state index contributed by atoms with van der Waals surface area (Å²) in [5.74, 6) is 1.98. The number of rotatable bonds is 3. The second-order valence-corrected chi connectivity index (χ2v) is 8.55. The summed E-state index contributed by atoms with van der Waals surface area (Å²) >= 11 is 2.00. The highest BCUT2D eigenvalue weighted by molar-refractivity contribution is 7.11. The Labute approximate surface area is 162 Å². The lowest BCUT2D eigenvalue weighted by Gasteiger charge is -2.37. The molecule has 3 aliphatic rings. The van der Waals surface area contributed by atoms with Crippen LogP contribution in [0.2, 0.25) is 0 Å². The predicted molar refractivity (Wildman–Crippen MR) is 107 cm³/mol. The normalized spacial score (nSPS) is 23.2. The Hall–Kier alpha value is 0.130. The van der Waals surface area contributed by atoms with E-state index in [1.165, 1.54) is 88.2 Å². The van der Waals surface area contributed by atoms with Crippen LogP contribution < -0.4 is 5.32 Å². The fraction of sp³-hybridized carbons (Fsp3) is 0.833. The van der Waals surface area contributed by atoms with Gasteiger partial charge in [0.25, 0.3) is 0 Å². The zero-order chi connectivity index (χ0) is 14.8. The van der Waals surface area contributed by atoms with Gasteiger partial charge in [0.1, 0.15) is 5.01 Å². The quantitative estimate of drug-likeness (QED) is 0.840. The number of halogens is 2. The number of aromatic nitrogens is 1. The number of nitrogens with one attached hydrogen (secondary N) is 1. The van der Waals surface area contributed by atoms with Crippen molar-refractivity contribution in [1.29, 1.82) is 0 Å². The smallest absolute Gasteiger partial charge is 0.107 e. The maximum atomic E-state index is 4.92. The molecule has 6 heteroatoms. The molecular weight excluding hydrogens is 361 g/mol. The molecule has 0 atom stereocenters. The number of aryl methyl sites for hydroxylation is 2. The molecule has 4 rings (SSSR count). The number of nitrogens with zero attached hydrogens (tertiary/aromatic N) is 2. The summed E-state index contributed by atoms with van der Waals surface area (Å²) in [4.78, 5) is 9.17. The molecule has 0 bridgehead atoms. The van der Waals surface area contributed by atoms with Gasteiger partial charge in [-0.3, -0.25) is 4.90 Å². The summed E-state index contributed by atoms with van der Waals surface area (Å²) in [6.07, 6.45) is 10.9. The first kappa shape index (κ1) is 20.4. The van der Waals surface area contributed by atoms with Crippen LogP contribution in [-0.4, -0.2) is 36.1 Å². The molecule has 0 spiro atoms. The molecule has 138 valence electrons. The summed E-state index contributed by atoms with van der Waals surface area (Å²) < 4.78 is 0. The van der Waals surface area contributed by atoms with Crippen LogP contribution in [0.1, 0.15) is 54.1 Å². The zero-order valence-corrected chi connectivity index (χ0v) is 16.9. The predicted octanol–water partition coefficient (Wildman–Crippen LogP) is 4.08. The van der Waals surface area contributed by atoms with Crippen LogP contribution in [-0.2, 0) is 19.4 Å². The third kappa shape index (κ3) is 4.85. The Morgan fingerprint density at radius 2 is 1.62 bits per heavy atom. The molecule has 3 nitrogen and oxygen atoms in total. The molecule has 0 amide bonds. The van der Waals surface area contributed by atoms with Crippen molar-refractivity contribution in [3.63, 3.8) is 0 Å². The molecule has 0 unspecified atom stereocenters. The summed E-state index contributed by atoms with van der Waals surface area (Å²) in [5.41, 5.74) is 1.43. The lowest BCUT2D eigenvalue weighted by molar-refractivity contribution is 0.126. The Morgan fingerprint density at radius 3 is 2.33 bits per heavy atom. The molecule has 1 aliphatic carbocycles. The van der Waals surface area contributed by atoms with E-state index < -0.39 is 0 Å². The Bertz CT molecular complexity index is 471. The first-order chi connectivity index (χ1) is 10.9. The van der Waals surface area contributed by atoms with Gasteiger partial charge in [-0.25, -0.2) is 4.98 Å². The van der Waals surface area contributed by atoms with Crippen molar-refractivity contribution in [2.45, 2.75) is 57.9 Å². The largest absolute Gasteiger partial charge is 0.317 e. The average Bonchev–Trinajstić information content (AvgIpc) is 2.98.